The molecule has 0 aliphatic heterocycles. The third kappa shape index (κ3) is 4.80. The molecular weight excluding hydrogens is 314 g/mol. The van der Waals surface area contributed by atoms with E-state index in [0.717, 1.165) is 29.2 Å². The highest BCUT2D eigenvalue weighted by molar-refractivity contribution is 6.08. The molecule has 0 radical (unpaired) electrons. The van der Waals surface area contributed by atoms with Crippen LogP contribution in [0.2, 0.25) is 0 Å². The van der Waals surface area contributed by atoms with Crippen LogP contribution in [0.25, 0.3) is 6.08 Å². The lowest BCUT2D eigenvalue weighted by Crippen LogP contribution is -2.02. The van der Waals surface area contributed by atoms with Crippen molar-refractivity contribution in [2.75, 3.05) is 6.61 Å². The number of nitriles is 1. The topological polar surface area (TPSA) is 67.9 Å². The van der Waals surface area contributed by atoms with E-state index in [1.807, 2.05) is 49.7 Å². The SMILES string of the molecule is CCn1nc(C)c(C(=O)/C=C\c2cccc(OCCCC#N)c2)c1C. The number of unbranched alkanes of at least 4 members (excludes halogenated alkanes) is 1. The number of carbonyl (C=O) groups is 1. The molecule has 0 unspecified atom stereocenters. The Morgan fingerprint density at radius 3 is 2.88 bits per heavy atom. The maximum atomic E-state index is 12.5. The summed E-state index contributed by atoms with van der Waals surface area (Å²) in [7, 11) is 0. The molecule has 0 amide bonds. The molecule has 0 saturated carbocycles. The first-order valence-corrected chi connectivity index (χ1v) is 8.43. The monoisotopic (exact) mass is 337 g/mol. The third-order valence-corrected chi connectivity index (χ3v) is 3.91. The molecular formula is C20H23N3O2. The Hall–Kier alpha value is -2.87. The first-order valence-electron chi connectivity index (χ1n) is 8.43. The van der Waals surface area contributed by atoms with Gasteiger partial charge in [0.2, 0.25) is 0 Å². The number of carbonyl (C=O) groups excluding carboxylic acids is 1. The first-order chi connectivity index (χ1) is 12.1. The van der Waals surface area contributed by atoms with Crippen LogP contribution in [0.4, 0.5) is 0 Å². The van der Waals surface area contributed by atoms with Gasteiger partial charge >= 0.3 is 0 Å². The van der Waals surface area contributed by atoms with Crippen LogP contribution < -0.4 is 4.74 Å². The fraction of sp³-hybridized carbons (Fsp3) is 0.350. The van der Waals surface area contributed by atoms with Gasteiger partial charge in [-0.05, 0) is 51.0 Å². The Labute approximate surface area is 148 Å². The highest BCUT2D eigenvalue weighted by atomic mass is 16.5. The van der Waals surface area contributed by atoms with Crippen LogP contribution >= 0.6 is 0 Å². The standard InChI is InChI=1S/C20H23N3O2/c1-4-23-16(3)20(15(2)22-23)19(24)11-10-17-8-7-9-18(14-17)25-13-6-5-12-21/h7-11,14H,4-6,13H2,1-3H3/b11-10-. The molecule has 0 atom stereocenters. The molecule has 1 aromatic heterocycles. The maximum Gasteiger partial charge on any atom is 0.189 e. The number of nitrogens with zero attached hydrogens (tertiary/aromatic N) is 3. The zero-order valence-electron chi connectivity index (χ0n) is 15.0. The van der Waals surface area contributed by atoms with E-state index in [0.29, 0.717) is 25.0 Å². The van der Waals surface area contributed by atoms with Crippen molar-refractivity contribution in [2.24, 2.45) is 0 Å². The Morgan fingerprint density at radius 1 is 1.40 bits per heavy atom. The predicted octanol–water partition coefficient (Wildman–Crippen LogP) is 4.10. The van der Waals surface area contributed by atoms with Gasteiger partial charge < -0.3 is 4.74 Å². The van der Waals surface area contributed by atoms with E-state index in [1.54, 1.807) is 12.2 Å². The number of ether oxygens (including phenoxy) is 1. The fourth-order valence-corrected chi connectivity index (χ4v) is 2.67. The third-order valence-electron chi connectivity index (χ3n) is 3.91. The van der Waals surface area contributed by atoms with Gasteiger partial charge in [0.1, 0.15) is 5.75 Å². The minimum Gasteiger partial charge on any atom is -0.494 e. The number of ketones is 1. The van der Waals surface area contributed by atoms with Crippen molar-refractivity contribution in [3.63, 3.8) is 0 Å². The lowest BCUT2D eigenvalue weighted by molar-refractivity contribution is 0.104. The van der Waals surface area contributed by atoms with Crippen molar-refractivity contribution < 1.29 is 9.53 Å². The summed E-state index contributed by atoms with van der Waals surface area (Å²) < 4.78 is 7.45. The smallest absolute Gasteiger partial charge is 0.189 e. The van der Waals surface area contributed by atoms with Crippen LogP contribution in [-0.4, -0.2) is 22.2 Å². The minimum atomic E-state index is -0.0463. The van der Waals surface area contributed by atoms with Crippen molar-refractivity contribution in [3.05, 3.63) is 52.9 Å². The zero-order valence-corrected chi connectivity index (χ0v) is 15.0. The molecule has 0 aliphatic carbocycles. The van der Waals surface area contributed by atoms with Crippen LogP contribution in [0, 0.1) is 25.2 Å². The van der Waals surface area contributed by atoms with Gasteiger partial charge in [0.15, 0.2) is 5.78 Å². The molecule has 130 valence electrons. The summed E-state index contributed by atoms with van der Waals surface area (Å²) in [6.07, 6.45) is 4.55. The molecule has 0 bridgehead atoms. The Bertz CT molecular complexity index is 813. The van der Waals surface area contributed by atoms with Crippen LogP contribution in [0.3, 0.4) is 0 Å². The molecule has 5 heteroatoms. The molecule has 0 spiro atoms. The summed E-state index contributed by atoms with van der Waals surface area (Å²) in [5.41, 5.74) is 3.21. The fourth-order valence-electron chi connectivity index (χ4n) is 2.67. The summed E-state index contributed by atoms with van der Waals surface area (Å²) in [4.78, 5) is 12.5. The van der Waals surface area contributed by atoms with Crippen LogP contribution in [0.1, 0.15) is 47.1 Å². The van der Waals surface area contributed by atoms with Crippen molar-refractivity contribution in [1.82, 2.24) is 9.78 Å². The molecule has 1 heterocycles. The number of aryl methyl sites for hydroxylation is 2. The first kappa shape index (κ1) is 18.5. The largest absolute Gasteiger partial charge is 0.494 e. The zero-order chi connectivity index (χ0) is 18.2. The van der Waals surface area contributed by atoms with E-state index in [9.17, 15) is 4.79 Å². The molecule has 25 heavy (non-hydrogen) atoms. The van der Waals surface area contributed by atoms with E-state index in [2.05, 4.69) is 11.2 Å². The summed E-state index contributed by atoms with van der Waals surface area (Å²) in [6, 6.07) is 9.64. The Morgan fingerprint density at radius 2 is 2.20 bits per heavy atom. The summed E-state index contributed by atoms with van der Waals surface area (Å²) in [6.45, 7) is 7.03. The lowest BCUT2D eigenvalue weighted by atomic mass is 10.1. The summed E-state index contributed by atoms with van der Waals surface area (Å²) in [5.74, 6) is 0.689. The lowest BCUT2D eigenvalue weighted by Gasteiger charge is -2.05. The molecule has 1 aromatic carbocycles. The van der Waals surface area contributed by atoms with Gasteiger partial charge in [-0.25, -0.2) is 0 Å². The van der Waals surface area contributed by atoms with E-state index < -0.39 is 0 Å². The van der Waals surface area contributed by atoms with Gasteiger partial charge in [0.05, 0.1) is 23.9 Å². The average Bonchev–Trinajstić information content (AvgIpc) is 2.91. The molecule has 0 fully saturated rings. The van der Waals surface area contributed by atoms with Gasteiger partial charge in [0.25, 0.3) is 0 Å². The number of benzene rings is 1. The number of hydrogen-bond acceptors (Lipinski definition) is 4. The van der Waals surface area contributed by atoms with Gasteiger partial charge in [0, 0.05) is 18.7 Å². The molecule has 0 N–H and O–H groups in total. The van der Waals surface area contributed by atoms with E-state index >= 15 is 0 Å². The molecule has 2 rings (SSSR count). The van der Waals surface area contributed by atoms with E-state index in [1.165, 1.54) is 0 Å². The predicted molar refractivity (Wildman–Crippen MR) is 97.5 cm³/mol. The quantitative estimate of drug-likeness (QED) is 0.413. The number of allylic oxidation sites excluding steroid dienone is 1. The summed E-state index contributed by atoms with van der Waals surface area (Å²) >= 11 is 0. The van der Waals surface area contributed by atoms with E-state index in [-0.39, 0.29) is 5.78 Å². The normalized spacial score (nSPS) is 10.8. The van der Waals surface area contributed by atoms with Crippen molar-refractivity contribution in [1.29, 1.82) is 5.26 Å². The van der Waals surface area contributed by atoms with Gasteiger partial charge in [-0.3, -0.25) is 9.48 Å². The minimum absolute atomic E-state index is 0.0463. The van der Waals surface area contributed by atoms with Gasteiger partial charge in [-0.2, -0.15) is 10.4 Å². The van der Waals surface area contributed by atoms with Crippen molar-refractivity contribution >= 4 is 11.9 Å². The molecule has 2 aromatic rings. The number of aromatic nitrogens is 2. The second-order valence-electron chi connectivity index (χ2n) is 5.74. The van der Waals surface area contributed by atoms with Crippen molar-refractivity contribution in [2.45, 2.75) is 40.2 Å². The van der Waals surface area contributed by atoms with Crippen molar-refractivity contribution in [3.8, 4) is 11.8 Å². The summed E-state index contributed by atoms with van der Waals surface area (Å²) in [5, 5.41) is 12.9. The molecule has 0 saturated heterocycles. The Balaban J connectivity index is 2.08. The van der Waals surface area contributed by atoms with E-state index in [4.69, 9.17) is 10.00 Å². The van der Waals surface area contributed by atoms with Crippen LogP contribution in [0.5, 0.6) is 5.75 Å². The second-order valence-corrected chi connectivity index (χ2v) is 5.74. The van der Waals surface area contributed by atoms with Crippen LogP contribution in [-0.2, 0) is 6.54 Å². The highest BCUT2D eigenvalue weighted by Crippen LogP contribution is 2.17. The maximum absolute atomic E-state index is 12.5. The second kappa shape index (κ2) is 8.84. The van der Waals surface area contributed by atoms with Gasteiger partial charge in [-0.15, -0.1) is 0 Å². The molecule has 5 nitrogen and oxygen atoms in total. The van der Waals surface area contributed by atoms with Gasteiger partial charge in [-0.1, -0.05) is 18.2 Å². The number of rotatable bonds is 8. The average molecular weight is 337 g/mol. The Kier molecular flexibility index (Phi) is 6.53. The van der Waals surface area contributed by atoms with Crippen LogP contribution in [0.15, 0.2) is 30.3 Å². The number of hydrogen-bond donors (Lipinski definition) is 0. The highest BCUT2D eigenvalue weighted by Gasteiger charge is 2.15. The molecule has 0 aliphatic rings.